The average Bonchev–Trinajstić information content (AvgIpc) is 2.92. The second kappa shape index (κ2) is 7.94. The quantitative estimate of drug-likeness (QED) is 0.836. The molecule has 1 saturated heterocycles. The van der Waals surface area contributed by atoms with Crippen LogP contribution in [0.25, 0.3) is 0 Å². The molecule has 1 heterocycles. The summed E-state index contributed by atoms with van der Waals surface area (Å²) in [6, 6.07) is 5.21. The molecule has 0 saturated carbocycles. The van der Waals surface area contributed by atoms with Crippen LogP contribution in [-0.2, 0) is 9.59 Å². The number of hydrogen-bond acceptors (Lipinski definition) is 3. The molecule has 0 bridgehead atoms. The zero-order chi connectivity index (χ0) is 16.8. The summed E-state index contributed by atoms with van der Waals surface area (Å²) in [4.78, 5) is 25.8. The lowest BCUT2D eigenvalue weighted by atomic mass is 10.1. The van der Waals surface area contributed by atoms with Crippen molar-refractivity contribution < 1.29 is 18.7 Å². The Balaban J connectivity index is 1.84. The minimum atomic E-state index is -0.429. The van der Waals surface area contributed by atoms with Gasteiger partial charge in [0, 0.05) is 19.0 Å². The molecule has 6 heteroatoms. The minimum Gasteiger partial charge on any atom is -0.491 e. The van der Waals surface area contributed by atoms with E-state index in [4.69, 9.17) is 4.74 Å². The zero-order valence-corrected chi connectivity index (χ0v) is 13.5. The van der Waals surface area contributed by atoms with Gasteiger partial charge in [-0.1, -0.05) is 13.0 Å². The summed E-state index contributed by atoms with van der Waals surface area (Å²) < 4.78 is 18.5. The predicted molar refractivity (Wildman–Crippen MR) is 84.5 cm³/mol. The summed E-state index contributed by atoms with van der Waals surface area (Å²) >= 11 is 0. The van der Waals surface area contributed by atoms with Gasteiger partial charge in [-0.3, -0.25) is 9.59 Å². The Kier molecular flexibility index (Phi) is 5.96. The van der Waals surface area contributed by atoms with Crippen molar-refractivity contribution >= 4 is 11.8 Å². The van der Waals surface area contributed by atoms with Crippen molar-refractivity contribution in [2.45, 2.75) is 45.2 Å². The Morgan fingerprint density at radius 2 is 2.26 bits per heavy atom. The van der Waals surface area contributed by atoms with Gasteiger partial charge in [0.2, 0.25) is 11.8 Å². The van der Waals surface area contributed by atoms with E-state index in [2.05, 4.69) is 5.32 Å². The number of rotatable bonds is 7. The van der Waals surface area contributed by atoms with E-state index in [-0.39, 0.29) is 30.3 Å². The number of nitrogens with zero attached hydrogens (tertiary/aromatic N) is 1. The maximum atomic E-state index is 13.1. The van der Waals surface area contributed by atoms with Crippen LogP contribution < -0.4 is 10.1 Å². The van der Waals surface area contributed by atoms with E-state index < -0.39 is 6.04 Å². The molecule has 1 aromatic carbocycles. The van der Waals surface area contributed by atoms with Gasteiger partial charge < -0.3 is 15.0 Å². The first-order chi connectivity index (χ1) is 11.0. The summed E-state index contributed by atoms with van der Waals surface area (Å²) in [5, 5.41) is 2.86. The molecule has 2 rings (SSSR count). The van der Waals surface area contributed by atoms with Crippen LogP contribution in [0.2, 0.25) is 0 Å². The van der Waals surface area contributed by atoms with Crippen molar-refractivity contribution in [2.24, 2.45) is 0 Å². The average molecular weight is 322 g/mol. The molecule has 1 N–H and O–H groups in total. The minimum absolute atomic E-state index is 0.0377. The van der Waals surface area contributed by atoms with Crippen LogP contribution >= 0.6 is 0 Å². The second-order valence-corrected chi connectivity index (χ2v) is 5.79. The Hall–Kier alpha value is -2.11. The highest BCUT2D eigenvalue weighted by Crippen LogP contribution is 2.16. The van der Waals surface area contributed by atoms with Gasteiger partial charge in [-0.05, 0) is 31.9 Å². The fraction of sp³-hybridized carbons (Fsp3) is 0.529. The van der Waals surface area contributed by atoms with E-state index >= 15 is 0 Å². The monoisotopic (exact) mass is 322 g/mol. The molecule has 2 atom stereocenters. The van der Waals surface area contributed by atoms with Crippen LogP contribution in [0.15, 0.2) is 24.3 Å². The van der Waals surface area contributed by atoms with Crippen LogP contribution in [0.4, 0.5) is 4.39 Å². The van der Waals surface area contributed by atoms with Crippen molar-refractivity contribution in [1.29, 1.82) is 0 Å². The number of likely N-dealkylation sites (tertiary alicyclic amines) is 1. The molecule has 1 fully saturated rings. The summed E-state index contributed by atoms with van der Waals surface area (Å²) in [5.74, 6) is -0.0700. The van der Waals surface area contributed by atoms with Gasteiger partial charge in [-0.2, -0.15) is 0 Å². The molecule has 0 spiro atoms. The fourth-order valence-electron chi connectivity index (χ4n) is 2.70. The molecular formula is C17H23FN2O3. The lowest BCUT2D eigenvalue weighted by Crippen LogP contribution is -2.50. The lowest BCUT2D eigenvalue weighted by molar-refractivity contribution is -0.137. The zero-order valence-electron chi connectivity index (χ0n) is 13.5. The smallest absolute Gasteiger partial charge is 0.243 e. The molecule has 1 aliphatic heterocycles. The third-order valence-electron chi connectivity index (χ3n) is 3.86. The first kappa shape index (κ1) is 17.2. The van der Waals surface area contributed by atoms with Crippen molar-refractivity contribution in [3.8, 4) is 5.75 Å². The van der Waals surface area contributed by atoms with E-state index in [1.54, 1.807) is 17.0 Å². The van der Waals surface area contributed by atoms with E-state index in [0.29, 0.717) is 25.1 Å². The number of amides is 2. The van der Waals surface area contributed by atoms with Gasteiger partial charge in [0.25, 0.3) is 0 Å². The molecule has 0 aliphatic carbocycles. The molecular weight excluding hydrogens is 299 g/mol. The topological polar surface area (TPSA) is 58.6 Å². The Morgan fingerprint density at radius 3 is 2.87 bits per heavy atom. The molecule has 2 unspecified atom stereocenters. The highest BCUT2D eigenvalue weighted by molar-refractivity contribution is 5.88. The standard InChI is InChI=1S/C17H23FN2O3/c1-3-15(20-9-5-8-16(20)21)17(22)19-12(2)11-23-14-7-4-6-13(18)10-14/h4,6-7,10,12,15H,3,5,8-9,11H2,1-2H3,(H,19,22). The lowest BCUT2D eigenvalue weighted by Gasteiger charge is -2.27. The summed E-state index contributed by atoms with van der Waals surface area (Å²) in [6.45, 7) is 4.58. The predicted octanol–water partition coefficient (Wildman–Crippen LogP) is 2.11. The van der Waals surface area contributed by atoms with Gasteiger partial charge >= 0.3 is 0 Å². The molecule has 0 aromatic heterocycles. The van der Waals surface area contributed by atoms with Gasteiger partial charge in [-0.25, -0.2) is 4.39 Å². The first-order valence-corrected chi connectivity index (χ1v) is 7.99. The molecule has 0 radical (unpaired) electrons. The van der Waals surface area contributed by atoms with Crippen molar-refractivity contribution in [2.75, 3.05) is 13.2 Å². The molecule has 1 aromatic rings. The number of carbonyl (C=O) groups excluding carboxylic acids is 2. The van der Waals surface area contributed by atoms with Crippen LogP contribution in [-0.4, -0.2) is 41.9 Å². The SMILES string of the molecule is CCC(C(=O)NC(C)COc1cccc(F)c1)N1CCCC1=O. The Morgan fingerprint density at radius 1 is 1.48 bits per heavy atom. The maximum absolute atomic E-state index is 13.1. The van der Waals surface area contributed by atoms with Crippen LogP contribution in [0, 0.1) is 5.82 Å². The van der Waals surface area contributed by atoms with Gasteiger partial charge in [0.05, 0.1) is 6.04 Å². The van der Waals surface area contributed by atoms with E-state index in [1.165, 1.54) is 12.1 Å². The number of halogens is 1. The van der Waals surface area contributed by atoms with Crippen molar-refractivity contribution in [1.82, 2.24) is 10.2 Å². The Bertz CT molecular complexity index is 565. The molecule has 23 heavy (non-hydrogen) atoms. The van der Waals surface area contributed by atoms with Crippen LogP contribution in [0.3, 0.4) is 0 Å². The summed E-state index contributed by atoms with van der Waals surface area (Å²) in [5.41, 5.74) is 0. The number of carbonyl (C=O) groups is 2. The molecule has 126 valence electrons. The number of benzene rings is 1. The molecule has 1 aliphatic rings. The highest BCUT2D eigenvalue weighted by atomic mass is 19.1. The van der Waals surface area contributed by atoms with Gasteiger partial charge in [0.15, 0.2) is 0 Å². The van der Waals surface area contributed by atoms with Gasteiger partial charge in [0.1, 0.15) is 24.2 Å². The van der Waals surface area contributed by atoms with E-state index in [1.807, 2.05) is 13.8 Å². The van der Waals surface area contributed by atoms with Crippen molar-refractivity contribution in [3.05, 3.63) is 30.1 Å². The second-order valence-electron chi connectivity index (χ2n) is 5.79. The Labute approximate surface area is 135 Å². The van der Waals surface area contributed by atoms with Gasteiger partial charge in [-0.15, -0.1) is 0 Å². The largest absolute Gasteiger partial charge is 0.491 e. The number of nitrogens with one attached hydrogen (secondary N) is 1. The third-order valence-corrected chi connectivity index (χ3v) is 3.86. The maximum Gasteiger partial charge on any atom is 0.243 e. The van der Waals surface area contributed by atoms with Crippen molar-refractivity contribution in [3.63, 3.8) is 0 Å². The fourth-order valence-corrected chi connectivity index (χ4v) is 2.70. The first-order valence-electron chi connectivity index (χ1n) is 7.99. The highest BCUT2D eigenvalue weighted by Gasteiger charge is 2.31. The summed E-state index contributed by atoms with van der Waals surface area (Å²) in [7, 11) is 0. The number of hydrogen-bond donors (Lipinski definition) is 1. The third kappa shape index (κ3) is 4.68. The molecule has 5 nitrogen and oxygen atoms in total. The number of ether oxygens (including phenoxy) is 1. The normalized spacial score (nSPS) is 17.0. The van der Waals surface area contributed by atoms with Crippen LogP contribution in [0.1, 0.15) is 33.1 Å². The van der Waals surface area contributed by atoms with Crippen LogP contribution in [0.5, 0.6) is 5.75 Å². The molecule has 2 amide bonds. The van der Waals surface area contributed by atoms with E-state index in [9.17, 15) is 14.0 Å². The summed E-state index contributed by atoms with van der Waals surface area (Å²) in [6.07, 6.45) is 1.90. The van der Waals surface area contributed by atoms with E-state index in [0.717, 1.165) is 6.42 Å².